The molecule has 10 nitrogen and oxygen atoms in total. The maximum atomic E-state index is 13.3. The second-order valence-corrected chi connectivity index (χ2v) is 9.01. The lowest BCUT2D eigenvalue weighted by molar-refractivity contribution is -0.459. The molecule has 0 saturated heterocycles. The summed E-state index contributed by atoms with van der Waals surface area (Å²) in [6.45, 7) is 0.453. The third kappa shape index (κ3) is 9.84. The minimum atomic E-state index is -1.01. The van der Waals surface area contributed by atoms with Crippen molar-refractivity contribution in [3.8, 4) is 11.1 Å². The maximum Gasteiger partial charge on any atom is 0.408 e. The summed E-state index contributed by atoms with van der Waals surface area (Å²) in [7, 11) is 0. The molecule has 0 aliphatic rings. The van der Waals surface area contributed by atoms with Gasteiger partial charge in [-0.3, -0.25) is 26.0 Å². The summed E-state index contributed by atoms with van der Waals surface area (Å²) < 4.78 is 5.32. The maximum absolute atomic E-state index is 13.3. The van der Waals surface area contributed by atoms with Crippen LogP contribution in [0.2, 0.25) is 0 Å². The van der Waals surface area contributed by atoms with Crippen LogP contribution in [0.5, 0.6) is 0 Å². The van der Waals surface area contributed by atoms with E-state index in [4.69, 9.17) is 21.9 Å². The molecular formula is C29H35N6O4+. The van der Waals surface area contributed by atoms with Gasteiger partial charge in [-0.1, -0.05) is 84.9 Å². The van der Waals surface area contributed by atoms with E-state index in [0.29, 0.717) is 13.0 Å². The molecule has 0 spiro atoms. The predicted molar refractivity (Wildman–Crippen MR) is 149 cm³/mol. The monoisotopic (exact) mass is 531 g/mol. The number of guanidine groups is 1. The fraction of sp³-hybridized carbons (Fsp3) is 0.241. The van der Waals surface area contributed by atoms with Crippen LogP contribution in [0.1, 0.15) is 24.0 Å². The first-order valence-electron chi connectivity index (χ1n) is 12.6. The third-order valence-corrected chi connectivity index (χ3v) is 5.98. The van der Waals surface area contributed by atoms with E-state index in [0.717, 1.165) is 22.3 Å². The summed E-state index contributed by atoms with van der Waals surface area (Å²) >= 11 is 0. The van der Waals surface area contributed by atoms with Gasteiger partial charge in [0.05, 0.1) is 6.54 Å². The molecular weight excluding hydrogens is 496 g/mol. The Kier molecular flexibility index (Phi) is 10.9. The first-order chi connectivity index (χ1) is 18.8. The number of hydrogen-bond donors (Lipinski definition) is 6. The molecule has 3 rings (SSSR count). The van der Waals surface area contributed by atoms with Crippen LogP contribution in [0.15, 0.2) is 84.9 Å². The fourth-order valence-corrected chi connectivity index (χ4v) is 3.91. The molecule has 2 atom stereocenters. The summed E-state index contributed by atoms with van der Waals surface area (Å²) in [5, 5.41) is 5.29. The molecule has 9 N–H and O–H groups in total. The van der Waals surface area contributed by atoms with E-state index < -0.39 is 30.0 Å². The number of benzene rings is 3. The van der Waals surface area contributed by atoms with E-state index in [-0.39, 0.29) is 25.4 Å². The average molecular weight is 532 g/mol. The van der Waals surface area contributed by atoms with Crippen LogP contribution >= 0.6 is 0 Å². The van der Waals surface area contributed by atoms with Gasteiger partial charge in [0.1, 0.15) is 18.7 Å². The number of carbonyl (C=O) groups is 3. The van der Waals surface area contributed by atoms with Crippen LogP contribution in [-0.4, -0.2) is 42.5 Å². The topological polar surface area (TPSA) is 177 Å². The quantitative estimate of drug-likeness (QED) is 0.105. The summed E-state index contributed by atoms with van der Waals surface area (Å²) in [5.74, 6) is -1.18. The Morgan fingerprint density at radius 1 is 0.744 bits per heavy atom. The number of nitrogens with two attached hydrogens (primary N) is 3. The molecule has 0 bridgehead atoms. The van der Waals surface area contributed by atoms with Gasteiger partial charge in [-0.25, -0.2) is 4.79 Å². The van der Waals surface area contributed by atoms with E-state index in [1.54, 1.807) is 0 Å². The van der Waals surface area contributed by atoms with Crippen molar-refractivity contribution < 1.29 is 24.1 Å². The largest absolute Gasteiger partial charge is 0.445 e. The van der Waals surface area contributed by atoms with Crippen molar-refractivity contribution in [3.05, 3.63) is 96.1 Å². The Hall–Kier alpha value is -4.86. The van der Waals surface area contributed by atoms with Crippen molar-refractivity contribution in [1.29, 1.82) is 0 Å². The van der Waals surface area contributed by atoms with Gasteiger partial charge in [0.25, 0.3) is 0 Å². The van der Waals surface area contributed by atoms with Crippen LogP contribution < -0.4 is 32.8 Å². The fourth-order valence-electron chi connectivity index (χ4n) is 3.91. The van der Waals surface area contributed by atoms with Crippen molar-refractivity contribution >= 4 is 23.9 Å². The molecule has 3 aromatic rings. The normalized spacial score (nSPS) is 12.0. The number of ether oxygens (including phenoxy) is 1. The highest BCUT2D eigenvalue weighted by Crippen LogP contribution is 2.20. The number of amides is 3. The number of alkyl carbamates (subject to hydrolysis) is 1. The van der Waals surface area contributed by atoms with E-state index in [1.165, 1.54) is 0 Å². The molecule has 39 heavy (non-hydrogen) atoms. The van der Waals surface area contributed by atoms with E-state index in [9.17, 15) is 14.4 Å². The lowest BCUT2D eigenvalue weighted by atomic mass is 10.00. The first-order valence-corrected chi connectivity index (χ1v) is 12.6. The minimum absolute atomic E-state index is 0.0466. The van der Waals surface area contributed by atoms with Crippen molar-refractivity contribution in [2.75, 3.05) is 6.54 Å². The minimum Gasteiger partial charge on any atom is -0.445 e. The first kappa shape index (κ1) is 28.7. The second-order valence-electron chi connectivity index (χ2n) is 9.01. The zero-order valence-electron chi connectivity index (χ0n) is 21.6. The van der Waals surface area contributed by atoms with Gasteiger partial charge in [-0.05, 0) is 35.1 Å². The smallest absolute Gasteiger partial charge is 0.408 e. The molecule has 0 fully saturated rings. The Morgan fingerprint density at radius 2 is 1.36 bits per heavy atom. The van der Waals surface area contributed by atoms with Crippen LogP contribution in [-0.2, 0) is 27.4 Å². The highest BCUT2D eigenvalue weighted by molar-refractivity contribution is 5.91. The zero-order valence-corrected chi connectivity index (χ0v) is 21.6. The lowest BCUT2D eigenvalue weighted by Crippen LogP contribution is -2.78. The van der Waals surface area contributed by atoms with Crippen molar-refractivity contribution in [2.24, 2.45) is 17.2 Å². The van der Waals surface area contributed by atoms with Crippen molar-refractivity contribution in [3.63, 3.8) is 0 Å². The van der Waals surface area contributed by atoms with Gasteiger partial charge in [0.15, 0.2) is 0 Å². The molecule has 1 unspecified atom stereocenters. The summed E-state index contributed by atoms with van der Waals surface area (Å²) in [6.07, 6.45) is 0.156. The second kappa shape index (κ2) is 14.8. The molecule has 0 saturated carbocycles. The summed E-state index contributed by atoms with van der Waals surface area (Å²) in [4.78, 5) is 40.6. The Balaban J connectivity index is 1.70. The van der Waals surface area contributed by atoms with Gasteiger partial charge < -0.3 is 21.1 Å². The Bertz CT molecular complexity index is 1250. The van der Waals surface area contributed by atoms with E-state index in [2.05, 4.69) is 15.6 Å². The highest BCUT2D eigenvalue weighted by Gasteiger charge is 2.26. The van der Waals surface area contributed by atoms with Gasteiger partial charge in [-0.2, -0.15) is 0 Å². The van der Waals surface area contributed by atoms with Gasteiger partial charge >= 0.3 is 12.1 Å². The zero-order chi connectivity index (χ0) is 28.0. The Labute approximate surface area is 227 Å². The summed E-state index contributed by atoms with van der Waals surface area (Å²) in [5.41, 5.74) is 20.0. The lowest BCUT2D eigenvalue weighted by Gasteiger charge is -2.22. The highest BCUT2D eigenvalue weighted by atomic mass is 16.5. The van der Waals surface area contributed by atoms with Gasteiger partial charge in [0.2, 0.25) is 11.8 Å². The third-order valence-electron chi connectivity index (χ3n) is 5.98. The van der Waals surface area contributed by atoms with Crippen molar-refractivity contribution in [2.45, 2.75) is 38.0 Å². The Morgan fingerprint density at radius 3 is 1.97 bits per heavy atom. The number of hydrogen-bond acceptors (Lipinski definition) is 4. The predicted octanol–water partition coefficient (Wildman–Crippen LogP) is 0.295. The van der Waals surface area contributed by atoms with E-state index >= 15 is 0 Å². The molecule has 3 aromatic carbocycles. The van der Waals surface area contributed by atoms with E-state index in [1.807, 2.05) is 84.9 Å². The van der Waals surface area contributed by atoms with Crippen LogP contribution in [0.3, 0.4) is 0 Å². The number of rotatable bonds is 13. The molecule has 0 radical (unpaired) electrons. The van der Waals surface area contributed by atoms with Crippen molar-refractivity contribution in [1.82, 2.24) is 10.6 Å². The molecule has 3 amide bonds. The molecule has 0 aliphatic heterocycles. The average Bonchev–Trinajstić information content (AvgIpc) is 2.94. The van der Waals surface area contributed by atoms with Crippen LogP contribution in [0.4, 0.5) is 4.79 Å². The molecule has 204 valence electrons. The number of primary amides is 1. The molecule has 10 heteroatoms. The SMILES string of the molecule is NC(=O)C(CCC[NH+]=C(N)N)NC(=O)[C@@H](Cc1ccc(-c2ccccc2)cc1)NC(=O)OCc1ccccc1. The summed E-state index contributed by atoms with van der Waals surface area (Å²) in [6, 6.07) is 24.8. The van der Waals surface area contributed by atoms with Gasteiger partial charge in [-0.15, -0.1) is 0 Å². The van der Waals surface area contributed by atoms with Crippen LogP contribution in [0.25, 0.3) is 11.1 Å². The molecule has 0 aromatic heterocycles. The molecule has 0 heterocycles. The molecule has 0 aliphatic carbocycles. The standard InChI is InChI=1S/C29H34N6O4/c30-26(36)24(12-7-17-33-28(31)32)34-27(37)25(35-29(38)39-19-21-8-3-1-4-9-21)18-20-13-15-23(16-14-20)22-10-5-2-6-11-22/h1-6,8-11,13-16,24-25H,7,12,17-19H2,(H2,30,36)(H,34,37)(H,35,38)(H4,31,32,33)/p+1/t24?,25-/m1/s1. The van der Waals surface area contributed by atoms with Gasteiger partial charge in [0, 0.05) is 6.42 Å². The number of nitrogens with one attached hydrogen (secondary N) is 3. The van der Waals surface area contributed by atoms with Crippen LogP contribution in [0, 0.1) is 0 Å². The number of carbonyl (C=O) groups excluding carboxylic acids is 3.